The average molecular weight is 396 g/mol. The van der Waals surface area contributed by atoms with Crippen LogP contribution in [0.1, 0.15) is 49.4 Å². The number of carbonyl (C=O) groups excluding carboxylic acids is 2. The minimum atomic E-state index is -0.641. The molecule has 0 saturated carbocycles. The number of pyridine rings is 1. The number of benzene rings is 1. The third-order valence-electron chi connectivity index (χ3n) is 5.12. The molecule has 1 aromatic carbocycles. The molecule has 1 saturated heterocycles. The normalized spacial score (nSPS) is 14.4. The van der Waals surface area contributed by atoms with Gasteiger partial charge in [0.1, 0.15) is 6.04 Å². The molecule has 2 N–H and O–H groups in total. The molecule has 0 spiro atoms. The molecule has 2 heterocycles. The third kappa shape index (κ3) is 5.70. The fraction of sp³-hybridized carbons (Fsp3) is 0.409. The topological polar surface area (TPSA) is 88.4 Å². The van der Waals surface area contributed by atoms with Crippen LogP contribution in [-0.2, 0) is 4.79 Å². The molecule has 2 amide bonds. The number of rotatable bonds is 8. The minimum Gasteiger partial charge on any atom is -0.619 e. The van der Waals surface area contributed by atoms with Gasteiger partial charge in [-0.05, 0) is 37.5 Å². The zero-order valence-electron chi connectivity index (χ0n) is 16.8. The molecule has 154 valence electrons. The van der Waals surface area contributed by atoms with E-state index in [-0.39, 0.29) is 11.8 Å². The van der Waals surface area contributed by atoms with Crippen LogP contribution in [0.25, 0.3) is 0 Å². The van der Waals surface area contributed by atoms with E-state index in [2.05, 4.69) is 21.6 Å². The third-order valence-corrected chi connectivity index (χ3v) is 5.12. The predicted octanol–water partition coefficient (Wildman–Crippen LogP) is 2.85. The van der Waals surface area contributed by atoms with Crippen molar-refractivity contribution in [1.29, 1.82) is 0 Å². The van der Waals surface area contributed by atoms with Crippen LogP contribution >= 0.6 is 0 Å². The number of unbranched alkanes of at least 4 members (excludes halogenated alkanes) is 1. The predicted molar refractivity (Wildman–Crippen MR) is 113 cm³/mol. The Bertz CT molecular complexity index is 832. The molecule has 1 aliphatic rings. The van der Waals surface area contributed by atoms with E-state index in [1.165, 1.54) is 37.4 Å². The lowest BCUT2D eigenvalue weighted by molar-refractivity contribution is -0.605. The zero-order chi connectivity index (χ0) is 20.6. The Balaban J connectivity index is 1.67. The monoisotopic (exact) mass is 396 g/mol. The molecule has 0 aliphatic carbocycles. The van der Waals surface area contributed by atoms with Crippen LogP contribution in [0.3, 0.4) is 0 Å². The fourth-order valence-electron chi connectivity index (χ4n) is 3.47. The van der Waals surface area contributed by atoms with Crippen LogP contribution in [-0.4, -0.2) is 30.9 Å². The van der Waals surface area contributed by atoms with E-state index >= 15 is 0 Å². The van der Waals surface area contributed by atoms with Gasteiger partial charge in [-0.1, -0.05) is 25.8 Å². The van der Waals surface area contributed by atoms with Crippen LogP contribution in [0.2, 0.25) is 0 Å². The van der Waals surface area contributed by atoms with E-state index in [1.807, 2.05) is 25.1 Å². The molecule has 3 rings (SSSR count). The van der Waals surface area contributed by atoms with Crippen molar-refractivity contribution in [2.24, 2.45) is 0 Å². The Labute approximate surface area is 171 Å². The molecule has 29 heavy (non-hydrogen) atoms. The standard InChI is InChI=1S/C22H28N4O3/c1-2-3-9-20(24-21(27)17-10-14-26(29)15-11-17)22(28)23-18-7-6-8-19(16-18)25-12-4-5-13-25/h6-8,10-11,14-16,20H,2-5,9,12-13H2,1H3,(H,23,28)(H,24,27). The van der Waals surface area contributed by atoms with Crippen LogP contribution in [0.15, 0.2) is 48.8 Å². The number of carbonyl (C=O) groups is 2. The summed E-state index contributed by atoms with van der Waals surface area (Å²) in [6, 6.07) is 10.1. The molecule has 0 radical (unpaired) electrons. The molecular formula is C22H28N4O3. The molecular weight excluding hydrogens is 368 g/mol. The van der Waals surface area contributed by atoms with Crippen molar-refractivity contribution < 1.29 is 14.3 Å². The second-order valence-electron chi connectivity index (χ2n) is 7.35. The van der Waals surface area contributed by atoms with Gasteiger partial charge < -0.3 is 20.7 Å². The van der Waals surface area contributed by atoms with Crippen molar-refractivity contribution in [1.82, 2.24) is 5.32 Å². The van der Waals surface area contributed by atoms with E-state index < -0.39 is 6.04 Å². The van der Waals surface area contributed by atoms with Gasteiger partial charge in [0.05, 0.1) is 5.56 Å². The van der Waals surface area contributed by atoms with Crippen molar-refractivity contribution in [2.75, 3.05) is 23.3 Å². The Kier molecular flexibility index (Phi) is 7.05. The molecule has 1 atom stereocenters. The number of aromatic nitrogens is 1. The molecule has 1 aromatic heterocycles. The number of hydrogen-bond donors (Lipinski definition) is 2. The summed E-state index contributed by atoms with van der Waals surface area (Å²) >= 11 is 0. The summed E-state index contributed by atoms with van der Waals surface area (Å²) in [5.74, 6) is -0.604. The van der Waals surface area contributed by atoms with Gasteiger partial charge >= 0.3 is 0 Å². The minimum absolute atomic E-state index is 0.236. The van der Waals surface area contributed by atoms with Crippen LogP contribution in [0, 0.1) is 5.21 Å². The van der Waals surface area contributed by atoms with Gasteiger partial charge in [-0.2, -0.15) is 4.73 Å². The van der Waals surface area contributed by atoms with Gasteiger partial charge in [0.15, 0.2) is 12.4 Å². The Morgan fingerprint density at radius 1 is 1.17 bits per heavy atom. The first-order valence-corrected chi connectivity index (χ1v) is 10.2. The van der Waals surface area contributed by atoms with E-state index in [1.54, 1.807) is 0 Å². The first-order valence-electron chi connectivity index (χ1n) is 10.2. The fourth-order valence-corrected chi connectivity index (χ4v) is 3.47. The molecule has 7 heteroatoms. The van der Waals surface area contributed by atoms with Gasteiger partial charge in [-0.25, -0.2) is 0 Å². The molecule has 1 unspecified atom stereocenters. The molecule has 1 aliphatic heterocycles. The summed E-state index contributed by atoms with van der Waals surface area (Å²) < 4.78 is 0.616. The van der Waals surface area contributed by atoms with Crippen molar-refractivity contribution in [3.63, 3.8) is 0 Å². The number of anilines is 2. The summed E-state index contributed by atoms with van der Waals surface area (Å²) in [5, 5.41) is 16.9. The molecule has 7 nitrogen and oxygen atoms in total. The van der Waals surface area contributed by atoms with E-state index in [4.69, 9.17) is 0 Å². The molecule has 1 fully saturated rings. The molecule has 2 aromatic rings. The summed E-state index contributed by atoms with van der Waals surface area (Å²) in [4.78, 5) is 27.7. The van der Waals surface area contributed by atoms with Gasteiger partial charge in [0.25, 0.3) is 5.91 Å². The maximum absolute atomic E-state index is 12.9. The van der Waals surface area contributed by atoms with Gasteiger partial charge in [0, 0.05) is 36.6 Å². The lowest BCUT2D eigenvalue weighted by Gasteiger charge is -2.20. The van der Waals surface area contributed by atoms with Crippen LogP contribution in [0.4, 0.5) is 11.4 Å². The number of nitrogens with zero attached hydrogens (tertiary/aromatic N) is 2. The highest BCUT2D eigenvalue weighted by Crippen LogP contribution is 2.23. The quantitative estimate of drug-likeness (QED) is 0.530. The Morgan fingerprint density at radius 3 is 2.59 bits per heavy atom. The first kappa shape index (κ1) is 20.6. The largest absolute Gasteiger partial charge is 0.619 e. The van der Waals surface area contributed by atoms with Crippen molar-refractivity contribution in [2.45, 2.75) is 45.1 Å². The highest BCUT2D eigenvalue weighted by molar-refractivity contribution is 6.01. The lowest BCUT2D eigenvalue weighted by atomic mass is 10.1. The second kappa shape index (κ2) is 9.91. The van der Waals surface area contributed by atoms with Crippen LogP contribution in [0.5, 0.6) is 0 Å². The van der Waals surface area contributed by atoms with Crippen LogP contribution < -0.4 is 20.3 Å². The summed E-state index contributed by atoms with van der Waals surface area (Å²) in [6.07, 6.45) is 7.20. The summed E-state index contributed by atoms with van der Waals surface area (Å²) in [5.41, 5.74) is 2.18. The SMILES string of the molecule is CCCCC(NC(=O)c1cc[n+]([O-])cc1)C(=O)Nc1cccc(N2CCCC2)c1. The van der Waals surface area contributed by atoms with Gasteiger partial charge in [-0.3, -0.25) is 9.59 Å². The lowest BCUT2D eigenvalue weighted by Crippen LogP contribution is -2.44. The summed E-state index contributed by atoms with van der Waals surface area (Å²) in [7, 11) is 0. The van der Waals surface area contributed by atoms with E-state index in [0.29, 0.717) is 16.7 Å². The van der Waals surface area contributed by atoms with Gasteiger partial charge in [0.2, 0.25) is 5.91 Å². The number of amides is 2. The highest BCUT2D eigenvalue weighted by atomic mass is 16.5. The van der Waals surface area contributed by atoms with Crippen molar-refractivity contribution in [3.05, 3.63) is 59.6 Å². The van der Waals surface area contributed by atoms with E-state index in [0.717, 1.165) is 37.3 Å². The number of hydrogen-bond acceptors (Lipinski definition) is 4. The number of nitrogens with one attached hydrogen (secondary N) is 2. The van der Waals surface area contributed by atoms with Crippen molar-refractivity contribution >= 4 is 23.2 Å². The smallest absolute Gasteiger partial charge is 0.252 e. The Morgan fingerprint density at radius 2 is 1.90 bits per heavy atom. The van der Waals surface area contributed by atoms with E-state index in [9.17, 15) is 14.8 Å². The van der Waals surface area contributed by atoms with Crippen molar-refractivity contribution in [3.8, 4) is 0 Å². The Hall–Kier alpha value is -3.09. The highest BCUT2D eigenvalue weighted by Gasteiger charge is 2.22. The first-order chi connectivity index (χ1) is 14.1. The summed E-state index contributed by atoms with van der Waals surface area (Å²) in [6.45, 7) is 4.11. The average Bonchev–Trinajstić information content (AvgIpc) is 3.26. The maximum Gasteiger partial charge on any atom is 0.252 e. The molecule has 0 bridgehead atoms. The second-order valence-corrected chi connectivity index (χ2v) is 7.35. The zero-order valence-corrected chi connectivity index (χ0v) is 16.8. The maximum atomic E-state index is 12.9. The van der Waals surface area contributed by atoms with Gasteiger partial charge in [-0.15, -0.1) is 0 Å².